The number of hydrogen-bond acceptors (Lipinski definition) is 2. The van der Waals surface area contributed by atoms with Crippen LogP contribution in [0.3, 0.4) is 0 Å². The Morgan fingerprint density at radius 3 is 2.54 bits per heavy atom. The normalized spacial score (nSPS) is 11.1. The fourth-order valence-corrected chi connectivity index (χ4v) is 3.13. The van der Waals surface area contributed by atoms with E-state index in [9.17, 15) is 0 Å². The highest BCUT2D eigenvalue weighted by Crippen LogP contribution is 2.26. The molecule has 2 heterocycles. The number of imidazole rings is 1. The molecule has 0 spiro atoms. The fourth-order valence-electron chi connectivity index (χ4n) is 2.61. The Bertz CT molecular complexity index is 963. The van der Waals surface area contributed by atoms with Crippen molar-refractivity contribution < 1.29 is 0 Å². The number of pyridine rings is 1. The lowest BCUT2D eigenvalue weighted by atomic mass is 10.2. The zero-order valence-corrected chi connectivity index (χ0v) is 15.0. The molecular formula is C19H13BrClN3. The van der Waals surface area contributed by atoms with Crippen LogP contribution < -0.4 is 0 Å². The zero-order chi connectivity index (χ0) is 16.5. The topological polar surface area (TPSA) is 30.7 Å². The first kappa shape index (κ1) is 15.4. The Morgan fingerprint density at radius 2 is 1.75 bits per heavy atom. The second-order valence-electron chi connectivity index (χ2n) is 5.57. The molecule has 0 fully saturated rings. The molecule has 2 aromatic rings. The van der Waals surface area contributed by atoms with E-state index in [2.05, 4.69) is 30.5 Å². The largest absolute Gasteiger partial charge is 0.348 e. The van der Waals surface area contributed by atoms with Crippen molar-refractivity contribution >= 4 is 27.5 Å². The number of rotatable bonds is 3. The molecule has 2 aliphatic rings. The van der Waals surface area contributed by atoms with E-state index >= 15 is 0 Å². The minimum absolute atomic E-state index is 0.746. The summed E-state index contributed by atoms with van der Waals surface area (Å²) in [6.45, 7) is 0.770. The van der Waals surface area contributed by atoms with Gasteiger partial charge in [-0.3, -0.25) is 0 Å². The van der Waals surface area contributed by atoms with Crippen LogP contribution in [-0.4, -0.2) is 14.5 Å². The maximum absolute atomic E-state index is 5.94. The third-order valence-corrected chi connectivity index (χ3v) is 4.53. The fraction of sp³-hybridized carbons (Fsp3) is 0.0526. The Kier molecular flexibility index (Phi) is 4.08. The monoisotopic (exact) mass is 397 g/mol. The molecule has 0 bridgehead atoms. The minimum atomic E-state index is 0.746. The van der Waals surface area contributed by atoms with E-state index in [1.165, 1.54) is 5.56 Å². The molecule has 24 heavy (non-hydrogen) atoms. The number of benzene rings is 2. The standard InChI is InChI=1S/C19H13BrClN3/c20-15-3-1-2-14(10-15)19-22-17-8-9-24(12-18(17)23-19)11-13-4-6-16(21)7-5-13/h1-10,12H,11H2. The van der Waals surface area contributed by atoms with Gasteiger partial charge in [0.15, 0.2) is 5.82 Å². The van der Waals surface area contributed by atoms with Crippen molar-refractivity contribution in [2.75, 3.05) is 0 Å². The molecule has 0 aromatic heterocycles. The predicted octanol–water partition coefficient (Wildman–Crippen LogP) is 5.51. The number of halogens is 2. The van der Waals surface area contributed by atoms with E-state index in [0.717, 1.165) is 38.8 Å². The maximum atomic E-state index is 5.94. The molecule has 5 heteroatoms. The van der Waals surface area contributed by atoms with E-state index in [1.807, 2.05) is 67.0 Å². The second-order valence-corrected chi connectivity index (χ2v) is 6.92. The van der Waals surface area contributed by atoms with Gasteiger partial charge in [-0.25, -0.2) is 9.97 Å². The van der Waals surface area contributed by atoms with Crippen molar-refractivity contribution in [3.8, 4) is 22.8 Å². The van der Waals surface area contributed by atoms with Gasteiger partial charge in [-0.15, -0.1) is 0 Å². The van der Waals surface area contributed by atoms with Gasteiger partial charge < -0.3 is 4.57 Å². The Labute approximate surface area is 153 Å². The van der Waals surface area contributed by atoms with Crippen molar-refractivity contribution in [2.45, 2.75) is 6.54 Å². The maximum Gasteiger partial charge on any atom is 0.160 e. The van der Waals surface area contributed by atoms with Crippen LogP contribution in [0.15, 0.2) is 71.5 Å². The van der Waals surface area contributed by atoms with E-state index in [-0.39, 0.29) is 0 Å². The molecule has 0 aliphatic carbocycles. The highest BCUT2D eigenvalue weighted by atomic mass is 79.9. The van der Waals surface area contributed by atoms with Crippen molar-refractivity contribution in [3.63, 3.8) is 0 Å². The van der Waals surface area contributed by atoms with Crippen molar-refractivity contribution in [2.24, 2.45) is 0 Å². The molecule has 2 aliphatic heterocycles. The third-order valence-electron chi connectivity index (χ3n) is 3.79. The van der Waals surface area contributed by atoms with Crippen LogP contribution in [0, 0.1) is 0 Å². The van der Waals surface area contributed by atoms with Crippen molar-refractivity contribution in [3.05, 3.63) is 82.0 Å². The second kappa shape index (κ2) is 6.38. The smallest absolute Gasteiger partial charge is 0.160 e. The average molecular weight is 399 g/mol. The summed E-state index contributed by atoms with van der Waals surface area (Å²) in [4.78, 5) is 9.29. The quantitative estimate of drug-likeness (QED) is 0.455. The van der Waals surface area contributed by atoms with Crippen molar-refractivity contribution in [1.82, 2.24) is 14.5 Å². The van der Waals surface area contributed by atoms with Crippen LogP contribution >= 0.6 is 27.5 Å². The lowest BCUT2D eigenvalue weighted by molar-refractivity contribution is 0.789. The first-order chi connectivity index (χ1) is 11.7. The van der Waals surface area contributed by atoms with Crippen LogP contribution in [0.2, 0.25) is 5.02 Å². The molecule has 0 saturated carbocycles. The van der Waals surface area contributed by atoms with Gasteiger partial charge in [0.05, 0.1) is 5.69 Å². The Balaban J connectivity index is 1.66. The highest BCUT2D eigenvalue weighted by molar-refractivity contribution is 9.10. The third kappa shape index (κ3) is 3.21. The summed E-state index contributed by atoms with van der Waals surface area (Å²) in [7, 11) is 0. The van der Waals surface area contributed by atoms with Crippen LogP contribution in [0.25, 0.3) is 22.8 Å². The van der Waals surface area contributed by atoms with E-state index in [1.54, 1.807) is 0 Å². The Hall–Kier alpha value is -2.17. The summed E-state index contributed by atoms with van der Waals surface area (Å²) in [5, 5.41) is 0.750. The summed E-state index contributed by atoms with van der Waals surface area (Å²) in [5.41, 5.74) is 3.99. The van der Waals surface area contributed by atoms with Crippen LogP contribution in [-0.2, 0) is 6.54 Å². The molecule has 0 amide bonds. The molecule has 2 aromatic carbocycles. The van der Waals surface area contributed by atoms with Gasteiger partial charge in [-0.2, -0.15) is 0 Å². The van der Waals surface area contributed by atoms with Gasteiger partial charge in [0, 0.05) is 34.0 Å². The first-order valence-corrected chi connectivity index (χ1v) is 8.68. The van der Waals surface area contributed by atoms with Crippen LogP contribution in [0.5, 0.6) is 0 Å². The van der Waals surface area contributed by atoms with Gasteiger partial charge in [-0.05, 0) is 35.9 Å². The van der Waals surface area contributed by atoms with Gasteiger partial charge in [-0.1, -0.05) is 51.8 Å². The number of aromatic nitrogens is 3. The van der Waals surface area contributed by atoms with Gasteiger partial charge in [0.1, 0.15) is 5.69 Å². The molecule has 0 N–H and O–H groups in total. The average Bonchev–Trinajstić information content (AvgIpc) is 3.00. The van der Waals surface area contributed by atoms with Crippen LogP contribution in [0.1, 0.15) is 5.56 Å². The molecular weight excluding hydrogens is 386 g/mol. The highest BCUT2D eigenvalue weighted by Gasteiger charge is 2.12. The molecule has 0 atom stereocenters. The number of hydrogen-bond donors (Lipinski definition) is 0. The van der Waals surface area contributed by atoms with Gasteiger partial charge in [0.25, 0.3) is 0 Å². The van der Waals surface area contributed by atoms with Crippen molar-refractivity contribution in [1.29, 1.82) is 0 Å². The molecule has 0 radical (unpaired) electrons. The van der Waals surface area contributed by atoms with E-state index in [4.69, 9.17) is 11.6 Å². The van der Waals surface area contributed by atoms with Gasteiger partial charge >= 0.3 is 0 Å². The molecule has 3 nitrogen and oxygen atoms in total. The summed E-state index contributed by atoms with van der Waals surface area (Å²) in [6, 6.07) is 17.9. The lowest BCUT2D eigenvalue weighted by Crippen LogP contribution is -2.00. The van der Waals surface area contributed by atoms with E-state index < -0.39 is 0 Å². The summed E-state index contributed by atoms with van der Waals surface area (Å²) >= 11 is 9.42. The number of nitrogens with zero attached hydrogens (tertiary/aromatic N) is 3. The SMILES string of the molecule is Clc1ccc(Cn2ccc3nc(-c4cccc(Br)c4)nc-3c2)cc1. The van der Waals surface area contributed by atoms with E-state index in [0.29, 0.717) is 0 Å². The summed E-state index contributed by atoms with van der Waals surface area (Å²) in [5.74, 6) is 0.746. The minimum Gasteiger partial charge on any atom is -0.348 e. The molecule has 118 valence electrons. The first-order valence-electron chi connectivity index (χ1n) is 7.51. The summed E-state index contributed by atoms with van der Waals surface area (Å²) in [6.07, 6.45) is 4.05. The zero-order valence-electron chi connectivity index (χ0n) is 12.7. The Morgan fingerprint density at radius 1 is 0.958 bits per heavy atom. The van der Waals surface area contributed by atoms with Gasteiger partial charge in [0.2, 0.25) is 0 Å². The molecule has 0 saturated heterocycles. The van der Waals surface area contributed by atoms with Crippen LogP contribution in [0.4, 0.5) is 0 Å². The molecule has 4 rings (SSSR count). The lowest BCUT2D eigenvalue weighted by Gasteiger charge is -2.08. The predicted molar refractivity (Wildman–Crippen MR) is 100 cm³/mol. The number of fused-ring (bicyclic) bond motifs is 1. The summed E-state index contributed by atoms with van der Waals surface area (Å²) < 4.78 is 3.12. The molecule has 0 unspecified atom stereocenters.